The zero-order valence-corrected chi connectivity index (χ0v) is 9.33. The Bertz CT molecular complexity index is 350. The Morgan fingerprint density at radius 2 is 2.20 bits per heavy atom. The van der Waals surface area contributed by atoms with Gasteiger partial charge in [-0.05, 0) is 24.0 Å². The quantitative estimate of drug-likeness (QED) is 0.681. The van der Waals surface area contributed by atoms with Gasteiger partial charge in [-0.25, -0.2) is 0 Å². The molecule has 0 amide bonds. The van der Waals surface area contributed by atoms with Crippen molar-refractivity contribution in [2.45, 2.75) is 39.0 Å². The molecule has 15 heavy (non-hydrogen) atoms. The Hall–Kier alpha value is -1.11. The van der Waals surface area contributed by atoms with Gasteiger partial charge in [0.2, 0.25) is 0 Å². The molecule has 0 atom stereocenters. The van der Waals surface area contributed by atoms with Crippen molar-refractivity contribution in [1.82, 2.24) is 0 Å². The van der Waals surface area contributed by atoms with Crippen molar-refractivity contribution in [3.05, 3.63) is 35.4 Å². The molecule has 0 aromatic heterocycles. The molecule has 1 aliphatic carbocycles. The number of ketones is 1. The minimum Gasteiger partial charge on any atom is -0.294 e. The number of hydrogen-bond donors (Lipinski definition) is 0. The van der Waals surface area contributed by atoms with Crippen LogP contribution in [0.5, 0.6) is 0 Å². The molecule has 0 aliphatic heterocycles. The van der Waals surface area contributed by atoms with Crippen LogP contribution < -0.4 is 0 Å². The summed E-state index contributed by atoms with van der Waals surface area (Å²) in [6.45, 7) is 2.12. The average molecular weight is 202 g/mol. The number of benzene rings is 1. The van der Waals surface area contributed by atoms with E-state index in [0.29, 0.717) is 11.7 Å². The summed E-state index contributed by atoms with van der Waals surface area (Å²) in [5, 5.41) is 0. The van der Waals surface area contributed by atoms with Crippen molar-refractivity contribution in [3.8, 4) is 0 Å². The summed E-state index contributed by atoms with van der Waals surface area (Å²) in [7, 11) is 0. The highest BCUT2D eigenvalue weighted by molar-refractivity contribution is 5.96. The Morgan fingerprint density at radius 1 is 1.40 bits per heavy atom. The van der Waals surface area contributed by atoms with E-state index in [2.05, 4.69) is 13.0 Å². The van der Waals surface area contributed by atoms with Gasteiger partial charge in [-0.3, -0.25) is 4.79 Å². The second-order valence-corrected chi connectivity index (χ2v) is 4.48. The molecule has 1 nitrogen and oxygen atoms in total. The molecule has 0 saturated heterocycles. The topological polar surface area (TPSA) is 17.1 Å². The molecular weight excluding hydrogens is 184 g/mol. The first-order valence-electron chi connectivity index (χ1n) is 5.91. The van der Waals surface area contributed by atoms with E-state index in [4.69, 9.17) is 0 Å². The Labute approximate surface area is 91.5 Å². The van der Waals surface area contributed by atoms with Gasteiger partial charge in [0.25, 0.3) is 0 Å². The molecule has 0 spiro atoms. The van der Waals surface area contributed by atoms with Gasteiger partial charge in [0.15, 0.2) is 5.78 Å². The van der Waals surface area contributed by atoms with Gasteiger partial charge in [-0.1, -0.05) is 44.4 Å². The number of Topliss-reactive ketones (excluding diaryl/α,β-unsaturated/α-hetero) is 1. The number of rotatable bonds is 4. The van der Waals surface area contributed by atoms with Gasteiger partial charge in [0, 0.05) is 12.0 Å². The fourth-order valence-electron chi connectivity index (χ4n) is 2.04. The molecule has 0 N–H and O–H groups in total. The molecule has 0 heterocycles. The molecular formula is C14H18O. The van der Waals surface area contributed by atoms with Gasteiger partial charge in [0.05, 0.1) is 0 Å². The van der Waals surface area contributed by atoms with Crippen LogP contribution in [0, 0.1) is 5.92 Å². The van der Waals surface area contributed by atoms with E-state index in [9.17, 15) is 4.79 Å². The number of hydrogen-bond acceptors (Lipinski definition) is 1. The lowest BCUT2D eigenvalue weighted by Crippen LogP contribution is -2.16. The molecule has 80 valence electrons. The lowest BCUT2D eigenvalue weighted by Gasteiger charge is -2.24. The first kappa shape index (κ1) is 10.4. The summed E-state index contributed by atoms with van der Waals surface area (Å²) < 4.78 is 0. The minimum absolute atomic E-state index is 0.329. The van der Waals surface area contributed by atoms with Gasteiger partial charge in [-0.2, -0.15) is 0 Å². The van der Waals surface area contributed by atoms with E-state index in [1.165, 1.54) is 24.8 Å². The number of aryl methyl sites for hydroxylation is 1. The SMILES string of the molecule is CCc1cccc(C(=O)CC2CCC2)c1. The third kappa shape index (κ3) is 2.47. The van der Waals surface area contributed by atoms with Crippen LogP contribution in [0.25, 0.3) is 0 Å². The summed E-state index contributed by atoms with van der Waals surface area (Å²) in [6.07, 6.45) is 5.57. The molecule has 1 aromatic carbocycles. The maximum absolute atomic E-state index is 11.9. The van der Waals surface area contributed by atoms with E-state index >= 15 is 0 Å². The van der Waals surface area contributed by atoms with Crippen molar-refractivity contribution in [1.29, 1.82) is 0 Å². The first-order valence-corrected chi connectivity index (χ1v) is 5.91. The molecule has 0 bridgehead atoms. The van der Waals surface area contributed by atoms with Crippen LogP contribution in [0.1, 0.15) is 48.5 Å². The van der Waals surface area contributed by atoms with E-state index in [-0.39, 0.29) is 0 Å². The summed E-state index contributed by atoms with van der Waals surface area (Å²) in [6, 6.07) is 8.06. The second-order valence-electron chi connectivity index (χ2n) is 4.48. The Morgan fingerprint density at radius 3 is 2.80 bits per heavy atom. The normalized spacial score (nSPS) is 16.1. The summed E-state index contributed by atoms with van der Waals surface area (Å²) in [4.78, 5) is 11.9. The van der Waals surface area contributed by atoms with Crippen LogP contribution in [0.15, 0.2) is 24.3 Å². The van der Waals surface area contributed by atoms with Crippen molar-refractivity contribution in [2.75, 3.05) is 0 Å². The fourth-order valence-corrected chi connectivity index (χ4v) is 2.04. The van der Waals surface area contributed by atoms with Crippen LogP contribution in [0.4, 0.5) is 0 Å². The molecule has 1 saturated carbocycles. The number of carbonyl (C=O) groups excluding carboxylic acids is 1. The van der Waals surface area contributed by atoms with Gasteiger partial charge < -0.3 is 0 Å². The van der Waals surface area contributed by atoms with Crippen molar-refractivity contribution >= 4 is 5.78 Å². The third-order valence-corrected chi connectivity index (χ3v) is 3.36. The predicted molar refractivity (Wildman–Crippen MR) is 62.1 cm³/mol. The van der Waals surface area contributed by atoms with Gasteiger partial charge in [-0.15, -0.1) is 0 Å². The highest BCUT2D eigenvalue weighted by Gasteiger charge is 2.21. The second kappa shape index (κ2) is 4.61. The highest BCUT2D eigenvalue weighted by Crippen LogP contribution is 2.30. The predicted octanol–water partition coefficient (Wildman–Crippen LogP) is 3.62. The maximum Gasteiger partial charge on any atom is 0.163 e. The van der Waals surface area contributed by atoms with Crippen LogP contribution >= 0.6 is 0 Å². The Kier molecular flexibility index (Phi) is 3.20. The number of carbonyl (C=O) groups is 1. The van der Waals surface area contributed by atoms with E-state index in [1.54, 1.807) is 0 Å². The first-order chi connectivity index (χ1) is 7.29. The molecule has 2 rings (SSSR count). The zero-order valence-electron chi connectivity index (χ0n) is 9.33. The molecule has 1 fully saturated rings. The van der Waals surface area contributed by atoms with Crippen molar-refractivity contribution in [2.24, 2.45) is 5.92 Å². The van der Waals surface area contributed by atoms with Crippen molar-refractivity contribution < 1.29 is 4.79 Å². The minimum atomic E-state index is 0.329. The summed E-state index contributed by atoms with van der Waals surface area (Å²) in [5.41, 5.74) is 2.16. The van der Waals surface area contributed by atoms with Crippen LogP contribution in [-0.2, 0) is 6.42 Å². The van der Waals surface area contributed by atoms with Gasteiger partial charge in [0.1, 0.15) is 0 Å². The molecule has 1 heteroatoms. The molecule has 1 aromatic rings. The maximum atomic E-state index is 11.9. The average Bonchev–Trinajstić information content (AvgIpc) is 2.23. The monoisotopic (exact) mass is 202 g/mol. The van der Waals surface area contributed by atoms with Gasteiger partial charge >= 0.3 is 0 Å². The lowest BCUT2D eigenvalue weighted by atomic mass is 9.81. The lowest BCUT2D eigenvalue weighted by molar-refractivity contribution is 0.0936. The highest BCUT2D eigenvalue weighted by atomic mass is 16.1. The molecule has 0 radical (unpaired) electrons. The fraction of sp³-hybridized carbons (Fsp3) is 0.500. The van der Waals surface area contributed by atoms with Crippen LogP contribution in [0.3, 0.4) is 0 Å². The smallest absolute Gasteiger partial charge is 0.163 e. The van der Waals surface area contributed by atoms with Crippen molar-refractivity contribution in [3.63, 3.8) is 0 Å². The summed E-state index contributed by atoms with van der Waals surface area (Å²) in [5.74, 6) is 0.998. The largest absolute Gasteiger partial charge is 0.294 e. The standard InChI is InChI=1S/C14H18O/c1-2-11-5-4-8-13(9-11)14(15)10-12-6-3-7-12/h4-5,8-9,12H,2-3,6-7,10H2,1H3. The third-order valence-electron chi connectivity index (χ3n) is 3.36. The molecule has 0 unspecified atom stereocenters. The Balaban J connectivity index is 2.03. The van der Waals surface area contributed by atoms with Crippen LogP contribution in [-0.4, -0.2) is 5.78 Å². The molecule has 1 aliphatic rings. The zero-order chi connectivity index (χ0) is 10.7. The van der Waals surface area contributed by atoms with E-state index < -0.39 is 0 Å². The van der Waals surface area contributed by atoms with Crippen LogP contribution in [0.2, 0.25) is 0 Å². The van der Waals surface area contributed by atoms with E-state index in [1.807, 2.05) is 18.2 Å². The van der Waals surface area contributed by atoms with E-state index in [0.717, 1.165) is 18.4 Å². The summed E-state index contributed by atoms with van der Waals surface area (Å²) >= 11 is 0.